The average molecular weight is 321 g/mol. The van der Waals surface area contributed by atoms with E-state index in [9.17, 15) is 4.79 Å². The van der Waals surface area contributed by atoms with Gasteiger partial charge in [-0.1, -0.05) is 0 Å². The normalized spacial score (nSPS) is 19.0. The Hall–Kier alpha value is -1.73. The van der Waals surface area contributed by atoms with Crippen LogP contribution in [0.25, 0.3) is 0 Å². The summed E-state index contributed by atoms with van der Waals surface area (Å²) in [7, 11) is 5.99. The zero-order valence-corrected chi connectivity index (χ0v) is 14.3. The third kappa shape index (κ3) is 5.76. The fraction of sp³-hybridized carbons (Fsp3) is 0.688. The van der Waals surface area contributed by atoms with Crippen LogP contribution >= 0.6 is 0 Å². The zero-order valence-electron chi connectivity index (χ0n) is 14.3. The topological polar surface area (TPSA) is 72.8 Å². The minimum atomic E-state index is -0.891. The summed E-state index contributed by atoms with van der Waals surface area (Å²) in [5.41, 5.74) is 1.05. The Morgan fingerprint density at radius 3 is 2.70 bits per heavy atom. The second-order valence-corrected chi connectivity index (χ2v) is 6.61. The van der Waals surface area contributed by atoms with E-state index in [1.807, 2.05) is 0 Å². The first-order chi connectivity index (χ1) is 10.9. The third-order valence-electron chi connectivity index (χ3n) is 4.15. The number of aliphatic carboxylic acids is 1. The fourth-order valence-corrected chi connectivity index (χ4v) is 3.14. The van der Waals surface area contributed by atoms with Crippen molar-refractivity contribution in [1.82, 2.24) is 19.8 Å². The fourth-order valence-electron chi connectivity index (χ4n) is 3.14. The molecule has 0 radical (unpaired) electrons. The van der Waals surface area contributed by atoms with Gasteiger partial charge in [0.15, 0.2) is 0 Å². The van der Waals surface area contributed by atoms with Gasteiger partial charge in [0.1, 0.15) is 6.54 Å². The minimum Gasteiger partial charge on any atom is -0.480 e. The van der Waals surface area contributed by atoms with Gasteiger partial charge in [0.25, 0.3) is 0 Å². The number of piperidine rings is 1. The Balaban J connectivity index is 1.83. The summed E-state index contributed by atoms with van der Waals surface area (Å²) in [4.78, 5) is 25.5. The molecule has 0 aromatic carbocycles. The van der Waals surface area contributed by atoms with Gasteiger partial charge in [0.2, 0.25) is 5.95 Å². The molecule has 0 amide bonds. The van der Waals surface area contributed by atoms with Crippen molar-refractivity contribution in [3.8, 4) is 0 Å². The quantitative estimate of drug-likeness (QED) is 0.795. The Kier molecular flexibility index (Phi) is 6.29. The summed E-state index contributed by atoms with van der Waals surface area (Å²) in [6, 6.07) is 0. The largest absolute Gasteiger partial charge is 0.480 e. The second kappa shape index (κ2) is 8.21. The van der Waals surface area contributed by atoms with Gasteiger partial charge in [-0.2, -0.15) is 0 Å². The first-order valence-electron chi connectivity index (χ1n) is 8.05. The van der Waals surface area contributed by atoms with Crippen LogP contribution in [-0.2, 0) is 11.3 Å². The summed E-state index contributed by atoms with van der Waals surface area (Å²) in [6.45, 7) is 4.15. The van der Waals surface area contributed by atoms with Gasteiger partial charge in [-0.15, -0.1) is 0 Å². The molecule has 23 heavy (non-hydrogen) atoms. The number of hydrogen-bond acceptors (Lipinski definition) is 6. The highest BCUT2D eigenvalue weighted by atomic mass is 16.4. The number of carboxylic acids is 1. The smallest absolute Gasteiger partial charge is 0.323 e. The van der Waals surface area contributed by atoms with Crippen LogP contribution in [0.15, 0.2) is 12.4 Å². The van der Waals surface area contributed by atoms with Crippen LogP contribution in [0.4, 0.5) is 5.95 Å². The van der Waals surface area contributed by atoms with Crippen LogP contribution in [0.5, 0.6) is 0 Å². The number of anilines is 1. The molecule has 1 fully saturated rings. The van der Waals surface area contributed by atoms with Gasteiger partial charge in [-0.05, 0) is 39.4 Å². The molecule has 7 nitrogen and oxygen atoms in total. The molecular weight excluding hydrogens is 294 g/mol. The summed E-state index contributed by atoms with van der Waals surface area (Å²) in [5.74, 6) is 0.269. The lowest BCUT2D eigenvalue weighted by Crippen LogP contribution is -2.37. The lowest BCUT2D eigenvalue weighted by atomic mass is 9.98. The molecule has 0 spiro atoms. The highest BCUT2D eigenvalue weighted by Crippen LogP contribution is 2.16. The van der Waals surface area contributed by atoms with Crippen molar-refractivity contribution in [3.05, 3.63) is 18.0 Å². The van der Waals surface area contributed by atoms with E-state index in [1.54, 1.807) is 19.4 Å². The number of likely N-dealkylation sites (N-methyl/N-ethyl adjacent to an activating group) is 1. The Bertz CT molecular complexity index is 508. The molecule has 0 saturated carbocycles. The van der Waals surface area contributed by atoms with Crippen molar-refractivity contribution in [2.45, 2.75) is 19.4 Å². The van der Waals surface area contributed by atoms with Crippen molar-refractivity contribution in [2.75, 3.05) is 52.2 Å². The molecule has 1 saturated heterocycles. The van der Waals surface area contributed by atoms with E-state index < -0.39 is 5.97 Å². The number of likely N-dealkylation sites (tertiary alicyclic amines) is 1. The molecular formula is C16H27N5O2. The highest BCUT2D eigenvalue weighted by Gasteiger charge is 2.18. The molecule has 0 bridgehead atoms. The van der Waals surface area contributed by atoms with Gasteiger partial charge in [0, 0.05) is 44.6 Å². The average Bonchev–Trinajstić information content (AvgIpc) is 2.47. The number of nitrogens with zero attached hydrogens (tertiary/aromatic N) is 5. The summed E-state index contributed by atoms with van der Waals surface area (Å²) in [5, 5.41) is 8.79. The number of carboxylic acid groups (broad SMARTS) is 1. The van der Waals surface area contributed by atoms with Gasteiger partial charge in [-0.3, -0.25) is 4.79 Å². The van der Waals surface area contributed by atoms with Crippen molar-refractivity contribution in [3.63, 3.8) is 0 Å². The van der Waals surface area contributed by atoms with Crippen molar-refractivity contribution in [2.24, 2.45) is 5.92 Å². The van der Waals surface area contributed by atoms with Crippen molar-refractivity contribution >= 4 is 11.9 Å². The highest BCUT2D eigenvalue weighted by molar-refractivity contribution is 5.72. The van der Waals surface area contributed by atoms with Gasteiger partial charge in [-0.25, -0.2) is 9.97 Å². The molecule has 1 N–H and O–H groups in total. The molecule has 7 heteroatoms. The maximum Gasteiger partial charge on any atom is 0.323 e. The summed E-state index contributed by atoms with van der Waals surface area (Å²) < 4.78 is 0. The number of rotatable bonds is 7. The molecule has 128 valence electrons. The molecule has 1 aromatic rings. The first-order valence-corrected chi connectivity index (χ1v) is 8.05. The lowest BCUT2D eigenvalue weighted by Gasteiger charge is -2.32. The van der Waals surface area contributed by atoms with E-state index in [0.29, 0.717) is 5.95 Å². The molecule has 1 aromatic heterocycles. The third-order valence-corrected chi connectivity index (χ3v) is 4.15. The molecule has 0 aliphatic carbocycles. The predicted molar refractivity (Wildman–Crippen MR) is 89.5 cm³/mol. The van der Waals surface area contributed by atoms with Crippen LogP contribution < -0.4 is 4.90 Å². The van der Waals surface area contributed by atoms with Gasteiger partial charge >= 0.3 is 5.97 Å². The van der Waals surface area contributed by atoms with E-state index in [1.165, 1.54) is 30.8 Å². The van der Waals surface area contributed by atoms with E-state index in [4.69, 9.17) is 5.11 Å². The molecule has 1 aliphatic heterocycles. The number of aromatic nitrogens is 2. The van der Waals surface area contributed by atoms with E-state index >= 15 is 0 Å². The van der Waals surface area contributed by atoms with Gasteiger partial charge < -0.3 is 19.8 Å². The van der Waals surface area contributed by atoms with E-state index in [2.05, 4.69) is 33.9 Å². The molecule has 2 rings (SSSR count). The molecule has 0 unspecified atom stereocenters. The van der Waals surface area contributed by atoms with E-state index in [0.717, 1.165) is 24.6 Å². The standard InChI is InChI=1S/C16H27N5O2/c1-19-6-4-5-13(9-19)10-20(2)11-14-7-17-16(18-8-14)21(3)12-15(22)23/h7-8,13H,4-6,9-12H2,1-3H3,(H,22,23)/t13-/m0/s1. The second-order valence-electron chi connectivity index (χ2n) is 6.61. The van der Waals surface area contributed by atoms with Crippen LogP contribution in [-0.4, -0.2) is 78.2 Å². The summed E-state index contributed by atoms with van der Waals surface area (Å²) in [6.07, 6.45) is 6.14. The van der Waals surface area contributed by atoms with Crippen LogP contribution in [0.2, 0.25) is 0 Å². The summed E-state index contributed by atoms with van der Waals surface area (Å²) >= 11 is 0. The molecule has 2 heterocycles. The van der Waals surface area contributed by atoms with Crippen LogP contribution in [0.1, 0.15) is 18.4 Å². The van der Waals surface area contributed by atoms with Crippen LogP contribution in [0, 0.1) is 5.92 Å². The minimum absolute atomic E-state index is 0.103. The number of carbonyl (C=O) groups is 1. The zero-order chi connectivity index (χ0) is 16.8. The number of hydrogen-bond donors (Lipinski definition) is 1. The van der Waals surface area contributed by atoms with Gasteiger partial charge in [0.05, 0.1) is 0 Å². The maximum absolute atomic E-state index is 10.7. The first kappa shape index (κ1) is 17.6. The monoisotopic (exact) mass is 321 g/mol. The van der Waals surface area contributed by atoms with Crippen molar-refractivity contribution < 1.29 is 9.90 Å². The predicted octanol–water partition coefficient (Wildman–Crippen LogP) is 0.771. The van der Waals surface area contributed by atoms with Crippen LogP contribution in [0.3, 0.4) is 0 Å². The Morgan fingerprint density at radius 2 is 2.09 bits per heavy atom. The Morgan fingerprint density at radius 1 is 1.39 bits per heavy atom. The lowest BCUT2D eigenvalue weighted by molar-refractivity contribution is -0.135. The molecule has 1 aliphatic rings. The SMILES string of the molecule is CN1CCC[C@H](CN(C)Cc2cnc(N(C)CC(=O)O)nc2)C1. The Labute approximate surface area is 137 Å². The maximum atomic E-state index is 10.7. The van der Waals surface area contributed by atoms with Crippen molar-refractivity contribution in [1.29, 1.82) is 0 Å². The van der Waals surface area contributed by atoms with E-state index in [-0.39, 0.29) is 6.54 Å². The molecule has 1 atom stereocenters.